The second kappa shape index (κ2) is 9.33. The predicted molar refractivity (Wildman–Crippen MR) is 143 cm³/mol. The minimum absolute atomic E-state index is 0.176. The van der Waals surface area contributed by atoms with E-state index < -0.39 is 52.1 Å². The van der Waals surface area contributed by atoms with Crippen molar-refractivity contribution in [2.45, 2.75) is 12.8 Å². The average molecular weight is 541 g/mol. The van der Waals surface area contributed by atoms with Crippen LogP contribution in [0.5, 0.6) is 17.2 Å². The first-order valence-electron chi connectivity index (χ1n) is 12.6. The monoisotopic (exact) mass is 540 g/mol. The second-order valence-electron chi connectivity index (χ2n) is 9.99. The second-order valence-corrected chi connectivity index (χ2v) is 9.99. The number of rotatable bonds is 5. The number of imide groups is 1. The van der Waals surface area contributed by atoms with E-state index in [1.807, 2.05) is 37.3 Å². The highest BCUT2D eigenvalue weighted by atomic mass is 16.6. The van der Waals surface area contributed by atoms with Crippen molar-refractivity contribution < 1.29 is 33.5 Å². The number of aryl methyl sites for hydroxylation is 1. The SMILES string of the molecule is COc1ccc([C@@H]2C=C3c4ccc(C)cc4OC(=O)[C@@H]3[C@H]3C(=O)N(c4ccc(OC)cc4[N+](=O)[O-])C(=O)[C@@H]32)cc1. The minimum Gasteiger partial charge on any atom is -0.497 e. The number of hydrogen-bond acceptors (Lipinski definition) is 8. The van der Waals surface area contributed by atoms with E-state index >= 15 is 0 Å². The van der Waals surface area contributed by atoms with Crippen LogP contribution >= 0.6 is 0 Å². The summed E-state index contributed by atoms with van der Waals surface area (Å²) in [5.74, 6) is -4.50. The topological polar surface area (TPSA) is 125 Å². The number of esters is 1. The van der Waals surface area contributed by atoms with Gasteiger partial charge in [-0.25, -0.2) is 4.90 Å². The number of methoxy groups -OCH3 is 2. The number of carbonyl (C=O) groups excluding carboxylic acids is 3. The maximum Gasteiger partial charge on any atom is 0.319 e. The zero-order valence-electron chi connectivity index (χ0n) is 21.8. The van der Waals surface area contributed by atoms with E-state index in [0.29, 0.717) is 22.6 Å². The summed E-state index contributed by atoms with van der Waals surface area (Å²) in [5.41, 5.74) is 2.27. The van der Waals surface area contributed by atoms with E-state index in [1.54, 1.807) is 25.3 Å². The number of hydrogen-bond donors (Lipinski definition) is 0. The van der Waals surface area contributed by atoms with Crippen molar-refractivity contribution in [2.24, 2.45) is 17.8 Å². The van der Waals surface area contributed by atoms with E-state index in [2.05, 4.69) is 0 Å². The van der Waals surface area contributed by atoms with E-state index in [9.17, 15) is 24.5 Å². The Kier molecular flexibility index (Phi) is 5.90. The molecule has 0 saturated carbocycles. The van der Waals surface area contributed by atoms with Crippen LogP contribution in [-0.2, 0) is 14.4 Å². The Hall–Kier alpha value is -4.99. The largest absolute Gasteiger partial charge is 0.497 e. The molecule has 0 bridgehead atoms. The van der Waals surface area contributed by atoms with Crippen LogP contribution in [0.2, 0.25) is 0 Å². The fourth-order valence-electron chi connectivity index (χ4n) is 6.02. The summed E-state index contributed by atoms with van der Waals surface area (Å²) in [5, 5.41) is 12.0. The molecule has 4 atom stereocenters. The Bertz CT molecular complexity index is 1630. The molecule has 3 aromatic rings. The Morgan fingerprint density at radius 1 is 0.875 bits per heavy atom. The molecule has 2 aliphatic heterocycles. The van der Waals surface area contributed by atoms with Gasteiger partial charge in [0.1, 0.15) is 22.9 Å². The molecule has 202 valence electrons. The Morgan fingerprint density at radius 2 is 1.55 bits per heavy atom. The maximum absolute atomic E-state index is 14.1. The van der Waals surface area contributed by atoms with Gasteiger partial charge < -0.3 is 14.2 Å². The first-order valence-corrected chi connectivity index (χ1v) is 12.6. The molecule has 0 N–H and O–H groups in total. The lowest BCUT2D eigenvalue weighted by molar-refractivity contribution is -0.384. The van der Waals surface area contributed by atoms with Crippen LogP contribution in [0.1, 0.15) is 22.6 Å². The molecule has 2 heterocycles. The van der Waals surface area contributed by atoms with Crippen molar-refractivity contribution in [1.29, 1.82) is 0 Å². The lowest BCUT2D eigenvalue weighted by atomic mass is 9.64. The van der Waals surface area contributed by atoms with Crippen LogP contribution in [0.3, 0.4) is 0 Å². The molecule has 10 nitrogen and oxygen atoms in total. The minimum atomic E-state index is -1.12. The first kappa shape index (κ1) is 25.3. The lowest BCUT2D eigenvalue weighted by Gasteiger charge is -2.38. The standard InChI is InChI=1S/C30H24N2O8/c1-15-4-10-19-21-14-20(16-5-7-17(38-2)8-6-16)25-27(26(21)30(35)40-24(19)12-15)29(34)31(28(25)33)22-11-9-18(39-3)13-23(22)32(36)37/h4-14,20,25-27H,1-3H3/t20-,25+,26-,27-/m0/s1. The molecule has 10 heteroatoms. The number of amides is 2. The van der Waals surface area contributed by atoms with Crippen molar-refractivity contribution in [1.82, 2.24) is 0 Å². The van der Waals surface area contributed by atoms with Crippen molar-refractivity contribution in [2.75, 3.05) is 19.1 Å². The van der Waals surface area contributed by atoms with Crippen LogP contribution in [0.4, 0.5) is 11.4 Å². The van der Waals surface area contributed by atoms with Gasteiger partial charge in [0.05, 0.1) is 43.0 Å². The number of nitro groups is 1. The molecule has 0 radical (unpaired) electrons. The van der Waals surface area contributed by atoms with Gasteiger partial charge in [0, 0.05) is 11.5 Å². The van der Waals surface area contributed by atoms with Crippen molar-refractivity contribution in [3.05, 3.63) is 93.5 Å². The Balaban J connectivity index is 1.54. The van der Waals surface area contributed by atoms with Crippen LogP contribution < -0.4 is 19.1 Å². The van der Waals surface area contributed by atoms with Crippen LogP contribution in [-0.4, -0.2) is 36.9 Å². The summed E-state index contributed by atoms with van der Waals surface area (Å²) in [6, 6.07) is 16.6. The number of ether oxygens (including phenoxy) is 3. The van der Waals surface area contributed by atoms with Crippen molar-refractivity contribution in [3.8, 4) is 17.2 Å². The zero-order chi connectivity index (χ0) is 28.3. The van der Waals surface area contributed by atoms with Gasteiger partial charge in [-0.15, -0.1) is 0 Å². The maximum atomic E-state index is 14.1. The van der Waals surface area contributed by atoms with Crippen molar-refractivity contribution >= 4 is 34.7 Å². The Labute approximate surface area is 228 Å². The highest BCUT2D eigenvalue weighted by molar-refractivity contribution is 6.25. The zero-order valence-corrected chi connectivity index (χ0v) is 21.8. The normalized spacial score (nSPS) is 23.0. The van der Waals surface area contributed by atoms with Gasteiger partial charge >= 0.3 is 5.97 Å². The van der Waals surface area contributed by atoms with Gasteiger partial charge in [-0.05, 0) is 54.0 Å². The molecular formula is C30H24N2O8. The number of anilines is 1. The fraction of sp³-hybridized carbons (Fsp3) is 0.233. The molecule has 0 spiro atoms. The van der Waals surface area contributed by atoms with Gasteiger partial charge in [0.15, 0.2) is 0 Å². The van der Waals surface area contributed by atoms with Crippen LogP contribution in [0, 0.1) is 34.8 Å². The lowest BCUT2D eigenvalue weighted by Crippen LogP contribution is -2.42. The summed E-state index contributed by atoms with van der Waals surface area (Å²) >= 11 is 0. The van der Waals surface area contributed by atoms with E-state index in [-0.39, 0.29) is 11.4 Å². The molecule has 2 amide bonds. The van der Waals surface area contributed by atoms with Crippen LogP contribution in [0.25, 0.3) is 5.57 Å². The Morgan fingerprint density at radius 3 is 2.23 bits per heavy atom. The molecule has 0 unspecified atom stereocenters. The predicted octanol–water partition coefficient (Wildman–Crippen LogP) is 4.44. The molecule has 3 aliphatic rings. The number of nitrogens with zero attached hydrogens (tertiary/aromatic N) is 2. The number of fused-ring (bicyclic) bond motifs is 5. The van der Waals surface area contributed by atoms with Gasteiger partial charge in [0.2, 0.25) is 11.8 Å². The number of nitro benzene ring substituents is 1. The number of benzene rings is 3. The third kappa shape index (κ3) is 3.75. The van der Waals surface area contributed by atoms with Gasteiger partial charge in [-0.2, -0.15) is 0 Å². The first-order chi connectivity index (χ1) is 19.2. The molecule has 6 rings (SSSR count). The molecule has 40 heavy (non-hydrogen) atoms. The molecule has 0 aromatic heterocycles. The number of allylic oxidation sites excluding steroid dienone is 1. The summed E-state index contributed by atoms with van der Waals surface area (Å²) in [4.78, 5) is 53.8. The summed E-state index contributed by atoms with van der Waals surface area (Å²) in [6.07, 6.45) is 1.86. The summed E-state index contributed by atoms with van der Waals surface area (Å²) in [6.45, 7) is 1.88. The smallest absolute Gasteiger partial charge is 0.319 e. The average Bonchev–Trinajstić information content (AvgIpc) is 3.21. The summed E-state index contributed by atoms with van der Waals surface area (Å²) in [7, 11) is 2.91. The highest BCUT2D eigenvalue weighted by Gasteiger charge is 2.61. The molecule has 1 fully saturated rings. The van der Waals surface area contributed by atoms with Crippen LogP contribution in [0.15, 0.2) is 66.7 Å². The molecule has 1 aliphatic carbocycles. The van der Waals surface area contributed by atoms with Crippen molar-refractivity contribution in [3.63, 3.8) is 0 Å². The molecule has 3 aromatic carbocycles. The quantitative estimate of drug-likeness (QED) is 0.153. The van der Waals surface area contributed by atoms with Gasteiger partial charge in [-0.1, -0.05) is 30.3 Å². The van der Waals surface area contributed by atoms with Gasteiger partial charge in [0.25, 0.3) is 5.69 Å². The van der Waals surface area contributed by atoms with E-state index in [0.717, 1.165) is 22.1 Å². The third-order valence-corrected chi connectivity index (χ3v) is 7.87. The van der Waals surface area contributed by atoms with E-state index in [1.165, 1.54) is 19.2 Å². The van der Waals surface area contributed by atoms with Gasteiger partial charge in [-0.3, -0.25) is 24.5 Å². The molecular weight excluding hydrogens is 516 g/mol. The molecule has 1 saturated heterocycles. The summed E-state index contributed by atoms with van der Waals surface area (Å²) < 4.78 is 16.1. The number of carbonyl (C=O) groups is 3. The van der Waals surface area contributed by atoms with E-state index in [4.69, 9.17) is 14.2 Å². The fourth-order valence-corrected chi connectivity index (χ4v) is 6.02. The third-order valence-electron chi connectivity index (χ3n) is 7.87. The highest BCUT2D eigenvalue weighted by Crippen LogP contribution is 2.55.